The second kappa shape index (κ2) is 7.01. The van der Waals surface area contributed by atoms with E-state index in [0.717, 1.165) is 18.4 Å². The van der Waals surface area contributed by atoms with Gasteiger partial charge in [0.25, 0.3) is 0 Å². The number of aromatic hydroxyl groups is 1. The van der Waals surface area contributed by atoms with Crippen molar-refractivity contribution < 1.29 is 14.6 Å². The largest absolute Gasteiger partial charge is 0.508 e. The normalized spacial score (nSPS) is 23.1. The Bertz CT molecular complexity index is 503. The van der Waals surface area contributed by atoms with Gasteiger partial charge in [-0.3, -0.25) is 0 Å². The first-order chi connectivity index (χ1) is 10.4. The highest BCUT2D eigenvalue weighted by atomic mass is 16.5. The molecule has 1 heterocycles. The fourth-order valence-electron chi connectivity index (χ4n) is 2.66. The number of ether oxygens (including phenoxy) is 1. The first-order valence-electron chi connectivity index (χ1n) is 7.89. The summed E-state index contributed by atoms with van der Waals surface area (Å²) in [6, 6.07) is 7.08. The van der Waals surface area contributed by atoms with Gasteiger partial charge in [-0.2, -0.15) is 0 Å². The molecule has 0 aromatic heterocycles. The van der Waals surface area contributed by atoms with Crippen molar-refractivity contribution in [1.29, 1.82) is 0 Å². The van der Waals surface area contributed by atoms with Crippen LogP contribution in [0.4, 0.5) is 4.79 Å². The monoisotopic (exact) mass is 306 g/mol. The lowest BCUT2D eigenvalue weighted by molar-refractivity contribution is -0.0874. The van der Waals surface area contributed by atoms with E-state index in [0.29, 0.717) is 19.7 Å². The number of urea groups is 1. The number of hydrogen-bond donors (Lipinski definition) is 2. The highest BCUT2D eigenvalue weighted by Gasteiger charge is 2.32. The lowest BCUT2D eigenvalue weighted by Gasteiger charge is -2.40. The molecule has 1 saturated heterocycles. The molecule has 122 valence electrons. The van der Waals surface area contributed by atoms with Crippen molar-refractivity contribution in [3.63, 3.8) is 0 Å². The minimum absolute atomic E-state index is 0.0331. The Morgan fingerprint density at radius 3 is 2.77 bits per heavy atom. The molecule has 0 bridgehead atoms. The molecule has 0 saturated carbocycles. The first-order valence-corrected chi connectivity index (χ1v) is 7.89. The van der Waals surface area contributed by atoms with Gasteiger partial charge in [0.05, 0.1) is 18.8 Å². The van der Waals surface area contributed by atoms with Crippen molar-refractivity contribution in [3.8, 4) is 5.75 Å². The maximum Gasteiger partial charge on any atom is 0.317 e. The van der Waals surface area contributed by atoms with Crippen LogP contribution < -0.4 is 5.32 Å². The summed E-state index contributed by atoms with van der Waals surface area (Å²) in [7, 11) is 0. The van der Waals surface area contributed by atoms with Gasteiger partial charge in [0.15, 0.2) is 0 Å². The summed E-state index contributed by atoms with van der Waals surface area (Å²) in [6.45, 7) is 7.96. The van der Waals surface area contributed by atoms with E-state index in [1.165, 1.54) is 0 Å². The van der Waals surface area contributed by atoms with E-state index in [1.807, 2.05) is 30.9 Å². The van der Waals surface area contributed by atoms with Crippen LogP contribution in [0, 0.1) is 0 Å². The van der Waals surface area contributed by atoms with Crippen molar-refractivity contribution in [3.05, 3.63) is 29.8 Å². The average molecular weight is 306 g/mol. The number of nitrogens with zero attached hydrogens (tertiary/aromatic N) is 1. The Morgan fingerprint density at radius 1 is 1.45 bits per heavy atom. The summed E-state index contributed by atoms with van der Waals surface area (Å²) in [5, 5.41) is 12.3. The molecule has 22 heavy (non-hydrogen) atoms. The van der Waals surface area contributed by atoms with Crippen LogP contribution in [0.5, 0.6) is 5.75 Å². The van der Waals surface area contributed by atoms with E-state index in [2.05, 4.69) is 12.2 Å². The molecule has 2 N–H and O–H groups in total. The molecule has 5 nitrogen and oxygen atoms in total. The number of phenolic OH excluding ortho intramolecular Hbond substituents is 1. The molecule has 2 rings (SSSR count). The highest BCUT2D eigenvalue weighted by molar-refractivity contribution is 5.74. The summed E-state index contributed by atoms with van der Waals surface area (Å²) in [6.07, 6.45) is 1.63. The number of carbonyl (C=O) groups is 1. The minimum Gasteiger partial charge on any atom is -0.508 e. The third kappa shape index (κ3) is 4.37. The van der Waals surface area contributed by atoms with Gasteiger partial charge >= 0.3 is 6.03 Å². The summed E-state index contributed by atoms with van der Waals surface area (Å²) >= 11 is 0. The Balaban J connectivity index is 1.86. The molecule has 2 amide bonds. The van der Waals surface area contributed by atoms with E-state index in [4.69, 9.17) is 4.74 Å². The number of benzene rings is 1. The molecular weight excluding hydrogens is 280 g/mol. The van der Waals surface area contributed by atoms with Crippen LogP contribution in [0.25, 0.3) is 0 Å². The van der Waals surface area contributed by atoms with Gasteiger partial charge in [-0.25, -0.2) is 4.79 Å². The number of morpholine rings is 1. The molecule has 1 aliphatic heterocycles. The Kier molecular flexibility index (Phi) is 5.29. The molecular formula is C17H26N2O3. The average Bonchev–Trinajstić information content (AvgIpc) is 2.49. The molecule has 2 atom stereocenters. The molecule has 1 aliphatic rings. The summed E-state index contributed by atoms with van der Waals surface area (Å²) in [5.74, 6) is 0.257. The van der Waals surface area contributed by atoms with Crippen molar-refractivity contribution in [1.82, 2.24) is 10.2 Å². The molecule has 1 aromatic rings. The smallest absolute Gasteiger partial charge is 0.317 e. The topological polar surface area (TPSA) is 61.8 Å². The summed E-state index contributed by atoms with van der Waals surface area (Å²) < 4.78 is 5.76. The van der Waals surface area contributed by atoms with Crippen LogP contribution in [-0.4, -0.2) is 47.4 Å². The van der Waals surface area contributed by atoms with Crippen molar-refractivity contribution >= 4 is 6.03 Å². The van der Waals surface area contributed by atoms with Crippen LogP contribution in [0.3, 0.4) is 0 Å². The zero-order chi connectivity index (χ0) is 16.2. The van der Waals surface area contributed by atoms with Gasteiger partial charge in [0.1, 0.15) is 5.75 Å². The van der Waals surface area contributed by atoms with Gasteiger partial charge in [-0.1, -0.05) is 19.1 Å². The standard InChI is InChI=1S/C17H26N2O3/c1-4-17(3)12-19(9-10-22-17)16(21)18-13(2)11-14-5-7-15(20)8-6-14/h5-8,13,20H,4,9-12H2,1-3H3,(H,18,21). The molecule has 1 aromatic carbocycles. The SMILES string of the molecule is CCC1(C)CN(C(=O)NC(C)Cc2ccc(O)cc2)CCO1. The molecule has 2 unspecified atom stereocenters. The lowest BCUT2D eigenvalue weighted by atomic mass is 10.0. The zero-order valence-electron chi connectivity index (χ0n) is 13.6. The van der Waals surface area contributed by atoms with E-state index < -0.39 is 0 Å². The molecule has 0 aliphatic carbocycles. The quantitative estimate of drug-likeness (QED) is 0.898. The second-order valence-corrected chi connectivity index (χ2v) is 6.29. The van der Waals surface area contributed by atoms with Crippen LogP contribution in [-0.2, 0) is 11.2 Å². The van der Waals surface area contributed by atoms with Crippen molar-refractivity contribution in [2.75, 3.05) is 19.7 Å². The third-order valence-corrected chi connectivity index (χ3v) is 4.22. The van der Waals surface area contributed by atoms with Gasteiger partial charge in [0, 0.05) is 12.6 Å². The molecule has 0 spiro atoms. The Hall–Kier alpha value is -1.75. The predicted octanol–water partition coefficient (Wildman–Crippen LogP) is 2.53. The Morgan fingerprint density at radius 2 is 2.14 bits per heavy atom. The van der Waals surface area contributed by atoms with Crippen LogP contribution in [0.1, 0.15) is 32.8 Å². The third-order valence-electron chi connectivity index (χ3n) is 4.22. The number of phenols is 1. The van der Waals surface area contributed by atoms with Crippen molar-refractivity contribution in [2.24, 2.45) is 0 Å². The van der Waals surface area contributed by atoms with Gasteiger partial charge < -0.3 is 20.1 Å². The lowest BCUT2D eigenvalue weighted by Crippen LogP contribution is -2.55. The maximum atomic E-state index is 12.4. The van der Waals surface area contributed by atoms with Gasteiger partial charge in [0.2, 0.25) is 0 Å². The summed E-state index contributed by atoms with van der Waals surface area (Å²) in [4.78, 5) is 14.2. The molecule has 0 radical (unpaired) electrons. The van der Waals surface area contributed by atoms with Crippen LogP contribution >= 0.6 is 0 Å². The number of amides is 2. The van der Waals surface area contributed by atoms with E-state index in [9.17, 15) is 9.90 Å². The number of hydrogen-bond acceptors (Lipinski definition) is 3. The fourth-order valence-corrected chi connectivity index (χ4v) is 2.66. The van der Waals surface area contributed by atoms with E-state index >= 15 is 0 Å². The fraction of sp³-hybridized carbons (Fsp3) is 0.588. The maximum absolute atomic E-state index is 12.4. The number of carbonyl (C=O) groups excluding carboxylic acids is 1. The van der Waals surface area contributed by atoms with Crippen LogP contribution in [0.2, 0.25) is 0 Å². The second-order valence-electron chi connectivity index (χ2n) is 6.29. The van der Waals surface area contributed by atoms with Gasteiger partial charge in [-0.05, 0) is 44.4 Å². The summed E-state index contributed by atoms with van der Waals surface area (Å²) in [5.41, 5.74) is 0.849. The molecule has 1 fully saturated rings. The highest BCUT2D eigenvalue weighted by Crippen LogP contribution is 2.21. The number of rotatable bonds is 4. The first kappa shape index (κ1) is 16.6. The van der Waals surface area contributed by atoms with Gasteiger partial charge in [-0.15, -0.1) is 0 Å². The Labute approximate surface area is 132 Å². The van der Waals surface area contributed by atoms with Crippen molar-refractivity contribution in [2.45, 2.75) is 45.3 Å². The van der Waals surface area contributed by atoms with Crippen LogP contribution in [0.15, 0.2) is 24.3 Å². The molecule has 5 heteroatoms. The van der Waals surface area contributed by atoms with E-state index in [1.54, 1.807) is 12.1 Å². The number of nitrogens with one attached hydrogen (secondary N) is 1. The zero-order valence-corrected chi connectivity index (χ0v) is 13.6. The van der Waals surface area contributed by atoms with E-state index in [-0.39, 0.29) is 23.4 Å². The predicted molar refractivity (Wildman–Crippen MR) is 86.0 cm³/mol. The minimum atomic E-state index is -0.240.